The van der Waals surface area contributed by atoms with Gasteiger partial charge in [0.1, 0.15) is 5.92 Å². The second kappa shape index (κ2) is 9.78. The van der Waals surface area contributed by atoms with E-state index in [1.807, 2.05) is 6.08 Å². The molecule has 0 amide bonds. The zero-order valence-corrected chi connectivity index (χ0v) is 14.9. The first kappa shape index (κ1) is 20.8. The Morgan fingerprint density at radius 1 is 1.23 bits per heavy atom. The Balaban J connectivity index is 4.21. The zero-order chi connectivity index (χ0) is 17.3. The van der Waals surface area contributed by atoms with E-state index in [2.05, 4.69) is 20.8 Å². The van der Waals surface area contributed by atoms with Crippen LogP contribution in [0.4, 0.5) is 0 Å². The molecular weight excluding hydrogens is 280 g/mol. The summed E-state index contributed by atoms with van der Waals surface area (Å²) in [5.74, 6) is -2.01. The number of allylic oxidation sites excluding steroid dienone is 2. The quantitative estimate of drug-likeness (QED) is 0.461. The summed E-state index contributed by atoms with van der Waals surface area (Å²) in [6, 6.07) is 0. The number of carboxylic acid groups (broad SMARTS) is 1. The van der Waals surface area contributed by atoms with Gasteiger partial charge >= 0.3 is 5.97 Å². The van der Waals surface area contributed by atoms with Crippen molar-refractivity contribution in [1.82, 2.24) is 0 Å². The molecule has 4 nitrogen and oxygen atoms in total. The lowest BCUT2D eigenvalue weighted by molar-refractivity contribution is -0.146. The minimum atomic E-state index is -1.04. The van der Waals surface area contributed by atoms with Gasteiger partial charge in [0, 0.05) is 7.11 Å². The number of carboxylic acids is 1. The highest BCUT2D eigenvalue weighted by molar-refractivity contribution is 6.04. The van der Waals surface area contributed by atoms with E-state index in [-0.39, 0.29) is 17.3 Å². The van der Waals surface area contributed by atoms with E-state index < -0.39 is 11.9 Å². The number of methoxy groups -OCH3 is 1. The van der Waals surface area contributed by atoms with Crippen molar-refractivity contribution in [3.63, 3.8) is 0 Å². The number of hydrogen-bond acceptors (Lipinski definition) is 3. The van der Waals surface area contributed by atoms with Crippen LogP contribution in [-0.4, -0.2) is 29.6 Å². The predicted octanol–water partition coefficient (Wildman–Crippen LogP) is 4.09. The van der Waals surface area contributed by atoms with Gasteiger partial charge in [0.15, 0.2) is 5.78 Å². The van der Waals surface area contributed by atoms with Gasteiger partial charge in [-0.25, -0.2) is 0 Å². The monoisotopic (exact) mass is 312 g/mol. The summed E-state index contributed by atoms with van der Waals surface area (Å²) >= 11 is 0. The number of ketones is 1. The maximum Gasteiger partial charge on any atom is 0.314 e. The summed E-state index contributed by atoms with van der Waals surface area (Å²) in [5, 5.41) is 9.07. The van der Waals surface area contributed by atoms with Crippen LogP contribution in [0, 0.1) is 17.8 Å². The largest absolute Gasteiger partial charge is 0.481 e. The molecule has 0 saturated carbocycles. The first-order valence-corrected chi connectivity index (χ1v) is 8.09. The minimum Gasteiger partial charge on any atom is -0.481 e. The zero-order valence-electron chi connectivity index (χ0n) is 14.9. The normalized spacial score (nSPS) is 15.2. The molecule has 1 N–H and O–H groups in total. The van der Waals surface area contributed by atoms with Crippen molar-refractivity contribution in [1.29, 1.82) is 0 Å². The molecule has 0 aliphatic heterocycles. The fourth-order valence-electron chi connectivity index (χ4n) is 2.35. The number of ether oxygens (including phenoxy) is 1. The molecule has 0 fully saturated rings. The first-order chi connectivity index (χ1) is 10.1. The van der Waals surface area contributed by atoms with E-state index in [1.165, 1.54) is 6.08 Å². The van der Waals surface area contributed by atoms with Crippen LogP contribution >= 0.6 is 0 Å². The highest BCUT2D eigenvalue weighted by Gasteiger charge is 2.27. The van der Waals surface area contributed by atoms with Gasteiger partial charge in [-0.2, -0.15) is 0 Å². The predicted molar refractivity (Wildman–Crippen MR) is 88.8 cm³/mol. The van der Waals surface area contributed by atoms with Gasteiger partial charge in [0.05, 0.1) is 5.60 Å². The molecule has 2 unspecified atom stereocenters. The minimum absolute atomic E-state index is 0.0858. The summed E-state index contributed by atoms with van der Waals surface area (Å²) in [4.78, 5) is 23.0. The topological polar surface area (TPSA) is 63.6 Å². The van der Waals surface area contributed by atoms with Crippen molar-refractivity contribution in [3.05, 3.63) is 12.2 Å². The Kier molecular flexibility index (Phi) is 9.26. The maximum atomic E-state index is 11.9. The van der Waals surface area contributed by atoms with Crippen molar-refractivity contribution in [2.24, 2.45) is 17.8 Å². The van der Waals surface area contributed by atoms with E-state index >= 15 is 0 Å². The fourth-order valence-corrected chi connectivity index (χ4v) is 2.35. The van der Waals surface area contributed by atoms with E-state index in [9.17, 15) is 9.59 Å². The number of carbonyl (C=O) groups excluding carboxylic acids is 1. The maximum absolute atomic E-state index is 11.9. The van der Waals surface area contributed by atoms with E-state index in [1.54, 1.807) is 21.0 Å². The third-order valence-corrected chi connectivity index (χ3v) is 4.09. The second-order valence-corrected chi connectivity index (χ2v) is 7.06. The molecule has 0 heterocycles. The molecule has 0 aromatic rings. The molecule has 0 radical (unpaired) electrons. The summed E-state index contributed by atoms with van der Waals surface area (Å²) in [6.07, 6.45) is 7.20. The van der Waals surface area contributed by atoms with Crippen molar-refractivity contribution in [2.75, 3.05) is 7.11 Å². The molecule has 2 atom stereocenters. The molecule has 0 spiro atoms. The number of carbonyl (C=O) groups is 2. The number of rotatable bonds is 11. The van der Waals surface area contributed by atoms with Crippen molar-refractivity contribution >= 4 is 11.8 Å². The molecule has 0 aliphatic rings. The third kappa shape index (κ3) is 8.32. The van der Waals surface area contributed by atoms with Gasteiger partial charge in [-0.3, -0.25) is 9.59 Å². The van der Waals surface area contributed by atoms with Gasteiger partial charge in [0.25, 0.3) is 0 Å². The number of aliphatic carboxylic acids is 1. The first-order valence-electron chi connectivity index (χ1n) is 8.09. The molecule has 0 aromatic heterocycles. The Labute approximate surface area is 134 Å². The molecule has 0 aliphatic carbocycles. The summed E-state index contributed by atoms with van der Waals surface area (Å²) < 4.78 is 5.39. The highest BCUT2D eigenvalue weighted by atomic mass is 16.5. The average molecular weight is 312 g/mol. The van der Waals surface area contributed by atoms with E-state index in [0.717, 1.165) is 25.7 Å². The summed E-state index contributed by atoms with van der Waals surface area (Å²) in [7, 11) is 1.73. The van der Waals surface area contributed by atoms with Crippen LogP contribution in [0.15, 0.2) is 12.2 Å². The molecule has 22 heavy (non-hydrogen) atoms. The lowest BCUT2D eigenvalue weighted by Gasteiger charge is -2.23. The van der Waals surface area contributed by atoms with Crippen molar-refractivity contribution < 1.29 is 19.4 Å². The van der Waals surface area contributed by atoms with Crippen LogP contribution in [0.2, 0.25) is 0 Å². The lowest BCUT2D eigenvalue weighted by Crippen LogP contribution is -2.27. The van der Waals surface area contributed by atoms with Crippen molar-refractivity contribution in [3.8, 4) is 0 Å². The molecule has 128 valence electrons. The van der Waals surface area contributed by atoms with Gasteiger partial charge in [-0.05, 0) is 44.6 Å². The average Bonchev–Trinajstić information content (AvgIpc) is 2.37. The van der Waals surface area contributed by atoms with Gasteiger partial charge < -0.3 is 9.84 Å². The Morgan fingerprint density at radius 2 is 1.82 bits per heavy atom. The number of hydrogen-bond donors (Lipinski definition) is 1. The van der Waals surface area contributed by atoms with Crippen LogP contribution in [0.5, 0.6) is 0 Å². The Bertz CT molecular complexity index is 383. The standard InChI is InChI=1S/C18H32O4/c1-13(2)16(17(20)21)15(19)11-7-9-14(3)10-8-12-18(4,5)22-6/h7,11,13-14,16H,8-10,12H2,1-6H3,(H,20,21)/b11-7+. The summed E-state index contributed by atoms with van der Waals surface area (Å²) in [6.45, 7) is 9.81. The fraction of sp³-hybridized carbons (Fsp3) is 0.778. The smallest absolute Gasteiger partial charge is 0.314 e. The van der Waals surface area contributed by atoms with Crippen LogP contribution in [0.1, 0.15) is 60.3 Å². The van der Waals surface area contributed by atoms with Gasteiger partial charge in [-0.1, -0.05) is 39.7 Å². The second-order valence-electron chi connectivity index (χ2n) is 7.06. The molecule has 4 heteroatoms. The molecular formula is C18H32O4. The van der Waals surface area contributed by atoms with Crippen LogP contribution in [0.3, 0.4) is 0 Å². The third-order valence-electron chi connectivity index (χ3n) is 4.09. The molecule has 0 rings (SSSR count). The van der Waals surface area contributed by atoms with Gasteiger partial charge in [0.2, 0.25) is 0 Å². The molecule has 0 aromatic carbocycles. The van der Waals surface area contributed by atoms with Gasteiger partial charge in [-0.15, -0.1) is 0 Å². The molecule has 0 saturated heterocycles. The highest BCUT2D eigenvalue weighted by Crippen LogP contribution is 2.21. The summed E-state index contributed by atoms with van der Waals surface area (Å²) in [5.41, 5.74) is -0.0858. The Morgan fingerprint density at radius 3 is 2.27 bits per heavy atom. The molecule has 0 bridgehead atoms. The SMILES string of the molecule is COC(C)(C)CCCC(C)C/C=C/C(=O)C(C(=O)O)C(C)C. The van der Waals surface area contributed by atoms with E-state index in [0.29, 0.717) is 5.92 Å². The van der Waals surface area contributed by atoms with Crippen LogP contribution in [0.25, 0.3) is 0 Å². The van der Waals surface area contributed by atoms with Crippen molar-refractivity contribution in [2.45, 2.75) is 65.9 Å². The van der Waals surface area contributed by atoms with E-state index in [4.69, 9.17) is 9.84 Å². The van der Waals surface area contributed by atoms with Crippen LogP contribution < -0.4 is 0 Å². The van der Waals surface area contributed by atoms with Crippen LogP contribution in [-0.2, 0) is 14.3 Å². The Hall–Kier alpha value is -1.16. The lowest BCUT2D eigenvalue weighted by atomic mass is 9.90.